The van der Waals surface area contributed by atoms with E-state index in [1.54, 1.807) is 13.8 Å². The summed E-state index contributed by atoms with van der Waals surface area (Å²) < 4.78 is 51.9. The highest BCUT2D eigenvalue weighted by molar-refractivity contribution is 7.90. The van der Waals surface area contributed by atoms with E-state index >= 15 is 0 Å². The fraction of sp³-hybridized carbons (Fsp3) is 0.462. The van der Waals surface area contributed by atoms with Gasteiger partial charge < -0.3 is 5.11 Å². The van der Waals surface area contributed by atoms with Crippen LogP contribution in [0.3, 0.4) is 0 Å². The molecule has 1 aromatic rings. The number of nitrogens with one attached hydrogen (secondary N) is 2. The lowest BCUT2D eigenvalue weighted by Crippen LogP contribution is -2.41. The van der Waals surface area contributed by atoms with Gasteiger partial charge in [0.05, 0.1) is 9.79 Å². The molecule has 1 aromatic carbocycles. The average Bonchev–Trinajstić information content (AvgIpc) is 2.46. The van der Waals surface area contributed by atoms with Crippen molar-refractivity contribution in [2.45, 2.75) is 36.1 Å². The molecule has 0 aromatic heterocycles. The molecule has 130 valence electrons. The molecule has 0 unspecified atom stereocenters. The molecule has 1 rings (SSSR count). The Labute approximate surface area is 136 Å². The third-order valence-electron chi connectivity index (χ3n) is 3.02. The minimum absolute atomic E-state index is 0.0121. The van der Waals surface area contributed by atoms with Crippen molar-refractivity contribution in [3.63, 3.8) is 0 Å². The number of sulfonamides is 2. The first-order chi connectivity index (χ1) is 10.5. The summed E-state index contributed by atoms with van der Waals surface area (Å²) in [5.41, 5.74) is 0. The van der Waals surface area contributed by atoms with Crippen LogP contribution in [0.1, 0.15) is 20.3 Å². The summed E-state index contributed by atoms with van der Waals surface area (Å²) in [6.45, 7) is 3.56. The predicted octanol–water partition coefficient (Wildman–Crippen LogP) is 0.372. The third kappa shape index (κ3) is 5.27. The minimum atomic E-state index is -4.07. The lowest BCUT2D eigenvalue weighted by atomic mass is 10.1. The molecule has 0 aliphatic carbocycles. The van der Waals surface area contributed by atoms with Gasteiger partial charge in [-0.2, -0.15) is 4.72 Å². The van der Waals surface area contributed by atoms with Crippen molar-refractivity contribution in [2.24, 2.45) is 5.92 Å². The van der Waals surface area contributed by atoms with E-state index in [2.05, 4.69) is 9.44 Å². The Balaban J connectivity index is 3.07. The molecule has 0 aliphatic heterocycles. The normalized spacial score (nSPS) is 13.9. The molecule has 0 bridgehead atoms. The van der Waals surface area contributed by atoms with Gasteiger partial charge in [-0.3, -0.25) is 4.79 Å². The zero-order valence-electron chi connectivity index (χ0n) is 13.0. The summed E-state index contributed by atoms with van der Waals surface area (Å²) >= 11 is 0. The van der Waals surface area contributed by atoms with Crippen molar-refractivity contribution in [1.29, 1.82) is 0 Å². The summed E-state index contributed by atoms with van der Waals surface area (Å²) in [4.78, 5) is 10.9. The van der Waals surface area contributed by atoms with Crippen molar-refractivity contribution in [2.75, 3.05) is 7.05 Å². The van der Waals surface area contributed by atoms with Gasteiger partial charge in [-0.05, 0) is 43.7 Å². The standard InChI is InChI=1S/C13H20N2O6S2/c1-9(2)8-12(13(16)17)15-23(20,21)11-6-4-10(5-7-11)22(18,19)14-3/h4-7,9,12,14-15H,8H2,1-3H3,(H,16,17)/t12-/m0/s1. The first-order valence-corrected chi connectivity index (χ1v) is 9.75. The summed E-state index contributed by atoms with van der Waals surface area (Å²) in [7, 11) is -6.50. The number of carbonyl (C=O) groups is 1. The maximum absolute atomic E-state index is 12.2. The Kier molecular flexibility index (Phi) is 6.28. The van der Waals surface area contributed by atoms with E-state index in [9.17, 15) is 21.6 Å². The second kappa shape index (κ2) is 7.39. The maximum Gasteiger partial charge on any atom is 0.321 e. The van der Waals surface area contributed by atoms with Gasteiger partial charge in [0, 0.05) is 0 Å². The topological polar surface area (TPSA) is 130 Å². The van der Waals surface area contributed by atoms with Crippen LogP contribution >= 0.6 is 0 Å². The minimum Gasteiger partial charge on any atom is -0.480 e. The Bertz CT molecular complexity index is 754. The summed E-state index contributed by atoms with van der Waals surface area (Å²) in [5.74, 6) is -1.28. The van der Waals surface area contributed by atoms with E-state index in [1.165, 1.54) is 7.05 Å². The number of rotatable bonds is 8. The van der Waals surface area contributed by atoms with Crippen LogP contribution < -0.4 is 9.44 Å². The molecular weight excluding hydrogens is 344 g/mol. The Morgan fingerprint density at radius 2 is 1.48 bits per heavy atom. The molecule has 0 saturated heterocycles. The van der Waals surface area contributed by atoms with Gasteiger partial charge in [-0.15, -0.1) is 0 Å². The van der Waals surface area contributed by atoms with E-state index in [1.807, 2.05) is 0 Å². The highest BCUT2D eigenvalue weighted by Crippen LogP contribution is 2.16. The van der Waals surface area contributed by atoms with Crippen molar-refractivity contribution in [3.8, 4) is 0 Å². The first kappa shape index (κ1) is 19.6. The highest BCUT2D eigenvalue weighted by Gasteiger charge is 2.26. The number of aliphatic carboxylic acids is 1. The zero-order chi connectivity index (χ0) is 17.8. The van der Waals surface area contributed by atoms with Crippen molar-refractivity contribution >= 4 is 26.0 Å². The molecule has 1 atom stereocenters. The van der Waals surface area contributed by atoms with Crippen LogP contribution in [-0.2, 0) is 24.8 Å². The summed E-state index contributed by atoms with van der Waals surface area (Å²) in [6.07, 6.45) is 0.140. The molecule has 0 amide bonds. The number of benzene rings is 1. The van der Waals surface area contributed by atoms with Crippen LogP contribution in [0, 0.1) is 5.92 Å². The van der Waals surface area contributed by atoms with Gasteiger partial charge in [0.15, 0.2) is 0 Å². The van der Waals surface area contributed by atoms with Crippen LogP contribution in [0.25, 0.3) is 0 Å². The Morgan fingerprint density at radius 1 is 1.04 bits per heavy atom. The fourth-order valence-electron chi connectivity index (χ4n) is 1.84. The monoisotopic (exact) mass is 364 g/mol. The molecule has 0 saturated carbocycles. The van der Waals surface area contributed by atoms with Crippen LogP contribution in [0.4, 0.5) is 0 Å². The van der Waals surface area contributed by atoms with Gasteiger partial charge in [0.25, 0.3) is 0 Å². The van der Waals surface area contributed by atoms with Gasteiger partial charge >= 0.3 is 5.97 Å². The quantitative estimate of drug-likeness (QED) is 0.611. The van der Waals surface area contributed by atoms with E-state index < -0.39 is 32.1 Å². The van der Waals surface area contributed by atoms with Crippen LogP contribution in [0.15, 0.2) is 34.1 Å². The molecular formula is C13H20N2O6S2. The van der Waals surface area contributed by atoms with Gasteiger partial charge in [0.2, 0.25) is 20.0 Å². The van der Waals surface area contributed by atoms with Crippen LogP contribution in [0.2, 0.25) is 0 Å². The van der Waals surface area contributed by atoms with E-state index in [0.717, 1.165) is 24.3 Å². The van der Waals surface area contributed by atoms with Gasteiger partial charge in [0.1, 0.15) is 6.04 Å². The largest absolute Gasteiger partial charge is 0.480 e. The number of hydrogen-bond acceptors (Lipinski definition) is 5. The second-order valence-electron chi connectivity index (χ2n) is 5.32. The van der Waals surface area contributed by atoms with E-state index in [0.29, 0.717) is 0 Å². The molecule has 10 heteroatoms. The van der Waals surface area contributed by atoms with E-state index in [4.69, 9.17) is 5.11 Å². The zero-order valence-corrected chi connectivity index (χ0v) is 14.6. The number of carboxylic acids is 1. The van der Waals surface area contributed by atoms with E-state index in [-0.39, 0.29) is 22.1 Å². The Morgan fingerprint density at radius 3 is 1.83 bits per heavy atom. The molecule has 0 spiro atoms. The van der Waals surface area contributed by atoms with Crippen molar-refractivity contribution < 1.29 is 26.7 Å². The lowest BCUT2D eigenvalue weighted by Gasteiger charge is -2.16. The molecule has 8 nitrogen and oxygen atoms in total. The molecule has 0 fully saturated rings. The van der Waals surface area contributed by atoms with Crippen LogP contribution in [0.5, 0.6) is 0 Å². The van der Waals surface area contributed by atoms with Gasteiger partial charge in [-0.25, -0.2) is 21.6 Å². The van der Waals surface area contributed by atoms with Crippen molar-refractivity contribution in [3.05, 3.63) is 24.3 Å². The van der Waals surface area contributed by atoms with Crippen molar-refractivity contribution in [1.82, 2.24) is 9.44 Å². The third-order valence-corrected chi connectivity index (χ3v) is 5.93. The highest BCUT2D eigenvalue weighted by atomic mass is 32.2. The van der Waals surface area contributed by atoms with Crippen LogP contribution in [-0.4, -0.2) is 41.0 Å². The second-order valence-corrected chi connectivity index (χ2v) is 8.92. The SMILES string of the molecule is CNS(=O)(=O)c1ccc(S(=O)(=O)N[C@@H](CC(C)C)C(=O)O)cc1. The maximum atomic E-state index is 12.2. The average molecular weight is 364 g/mol. The molecule has 3 N–H and O–H groups in total. The summed E-state index contributed by atoms with van der Waals surface area (Å²) in [5, 5.41) is 9.10. The number of hydrogen-bond donors (Lipinski definition) is 3. The Hall–Kier alpha value is -1.49. The smallest absolute Gasteiger partial charge is 0.321 e. The van der Waals surface area contributed by atoms with Gasteiger partial charge in [-0.1, -0.05) is 13.8 Å². The number of carboxylic acid groups (broad SMARTS) is 1. The lowest BCUT2D eigenvalue weighted by molar-refractivity contribution is -0.139. The predicted molar refractivity (Wildman–Crippen MR) is 83.9 cm³/mol. The molecule has 23 heavy (non-hydrogen) atoms. The molecule has 0 heterocycles. The molecule has 0 aliphatic rings. The fourth-order valence-corrected chi connectivity index (χ4v) is 3.77. The molecule has 0 radical (unpaired) electrons. The summed E-state index contributed by atoms with van der Waals surface area (Å²) in [6, 6.07) is 3.25. The first-order valence-electron chi connectivity index (χ1n) is 6.78.